The average molecular weight is 291 g/mol. The molecular formula is C16H21NO4. The molecule has 0 radical (unpaired) electrons. The molecule has 0 aliphatic rings. The summed E-state index contributed by atoms with van der Waals surface area (Å²) >= 11 is 0. The fourth-order valence-corrected chi connectivity index (χ4v) is 1.67. The zero-order valence-corrected chi connectivity index (χ0v) is 12.7. The third kappa shape index (κ3) is 5.69. The van der Waals surface area contributed by atoms with Gasteiger partial charge in [0.2, 0.25) is 5.91 Å². The standard InChI is InChI=1S/C16H21NO4/c1-4-20-14-9-7-6-8-13(14)10-11-15(18)17(3)12-16(19)21-5-2/h6-11H,4-5,12H2,1-3H3/b11-10+. The molecule has 0 aromatic heterocycles. The Labute approximate surface area is 125 Å². The second-order valence-corrected chi connectivity index (χ2v) is 4.30. The lowest BCUT2D eigenvalue weighted by Gasteiger charge is -2.13. The third-order valence-corrected chi connectivity index (χ3v) is 2.67. The van der Waals surface area contributed by atoms with Crippen LogP contribution in [0.3, 0.4) is 0 Å². The molecule has 0 spiro atoms. The second kappa shape index (κ2) is 8.79. The number of likely N-dealkylation sites (N-methyl/N-ethyl adjacent to an activating group) is 1. The van der Waals surface area contributed by atoms with Gasteiger partial charge in [0.15, 0.2) is 0 Å². The molecule has 0 N–H and O–H groups in total. The number of carbonyl (C=O) groups is 2. The lowest BCUT2D eigenvalue weighted by Crippen LogP contribution is -2.31. The number of hydrogen-bond acceptors (Lipinski definition) is 4. The summed E-state index contributed by atoms with van der Waals surface area (Å²) in [6.07, 6.45) is 3.09. The van der Waals surface area contributed by atoms with Crippen LogP contribution in [0.5, 0.6) is 5.75 Å². The highest BCUT2D eigenvalue weighted by atomic mass is 16.5. The van der Waals surface area contributed by atoms with E-state index in [4.69, 9.17) is 9.47 Å². The molecule has 1 amide bonds. The number of rotatable bonds is 7. The molecule has 1 aromatic rings. The number of benzene rings is 1. The molecule has 0 saturated heterocycles. The highest BCUT2D eigenvalue weighted by molar-refractivity contribution is 5.93. The first kappa shape index (κ1) is 16.8. The van der Waals surface area contributed by atoms with Gasteiger partial charge in [0.1, 0.15) is 12.3 Å². The smallest absolute Gasteiger partial charge is 0.325 e. The Morgan fingerprint density at radius 3 is 2.57 bits per heavy atom. The van der Waals surface area contributed by atoms with E-state index in [2.05, 4.69) is 0 Å². The summed E-state index contributed by atoms with van der Waals surface area (Å²) < 4.78 is 10.3. The molecule has 5 heteroatoms. The molecule has 114 valence electrons. The quantitative estimate of drug-likeness (QED) is 0.570. The van der Waals surface area contributed by atoms with E-state index in [1.165, 1.54) is 11.0 Å². The zero-order valence-electron chi connectivity index (χ0n) is 12.7. The predicted octanol–water partition coefficient (Wildman–Crippen LogP) is 2.12. The first-order chi connectivity index (χ1) is 10.1. The van der Waals surface area contributed by atoms with E-state index in [9.17, 15) is 9.59 Å². The van der Waals surface area contributed by atoms with Crippen LogP contribution in [0.4, 0.5) is 0 Å². The lowest BCUT2D eigenvalue weighted by atomic mass is 10.2. The first-order valence-electron chi connectivity index (χ1n) is 6.89. The van der Waals surface area contributed by atoms with Crippen molar-refractivity contribution in [3.8, 4) is 5.75 Å². The van der Waals surface area contributed by atoms with Gasteiger partial charge in [0.05, 0.1) is 13.2 Å². The molecule has 5 nitrogen and oxygen atoms in total. The molecule has 1 rings (SSSR count). The van der Waals surface area contributed by atoms with E-state index in [1.807, 2.05) is 31.2 Å². The highest BCUT2D eigenvalue weighted by Crippen LogP contribution is 2.19. The van der Waals surface area contributed by atoms with Crippen molar-refractivity contribution in [3.05, 3.63) is 35.9 Å². The monoisotopic (exact) mass is 291 g/mol. The van der Waals surface area contributed by atoms with E-state index < -0.39 is 5.97 Å². The van der Waals surface area contributed by atoms with Gasteiger partial charge in [0.25, 0.3) is 0 Å². The van der Waals surface area contributed by atoms with Crippen molar-refractivity contribution >= 4 is 18.0 Å². The molecule has 0 saturated carbocycles. The normalized spacial score (nSPS) is 10.4. The topological polar surface area (TPSA) is 55.8 Å². The van der Waals surface area contributed by atoms with Crippen LogP contribution >= 0.6 is 0 Å². The Bertz CT molecular complexity index is 511. The largest absolute Gasteiger partial charge is 0.493 e. The van der Waals surface area contributed by atoms with Crippen molar-refractivity contribution < 1.29 is 19.1 Å². The van der Waals surface area contributed by atoms with Crippen LogP contribution in [0.15, 0.2) is 30.3 Å². The van der Waals surface area contributed by atoms with Gasteiger partial charge in [-0.25, -0.2) is 0 Å². The summed E-state index contributed by atoms with van der Waals surface area (Å²) in [6, 6.07) is 7.45. The molecular weight excluding hydrogens is 270 g/mol. The van der Waals surface area contributed by atoms with Crippen molar-refractivity contribution in [3.63, 3.8) is 0 Å². The molecule has 0 unspecified atom stereocenters. The van der Waals surface area contributed by atoms with E-state index >= 15 is 0 Å². The van der Waals surface area contributed by atoms with E-state index in [0.717, 1.165) is 11.3 Å². The second-order valence-electron chi connectivity index (χ2n) is 4.30. The summed E-state index contributed by atoms with van der Waals surface area (Å²) in [5.41, 5.74) is 0.817. The fraction of sp³-hybridized carbons (Fsp3) is 0.375. The van der Waals surface area contributed by atoms with Gasteiger partial charge in [-0.05, 0) is 26.0 Å². The van der Waals surface area contributed by atoms with Gasteiger partial charge in [-0.2, -0.15) is 0 Å². The first-order valence-corrected chi connectivity index (χ1v) is 6.89. The fourth-order valence-electron chi connectivity index (χ4n) is 1.67. The van der Waals surface area contributed by atoms with Crippen LogP contribution in [0.1, 0.15) is 19.4 Å². The Hall–Kier alpha value is -2.30. The van der Waals surface area contributed by atoms with Gasteiger partial charge in [-0.3, -0.25) is 9.59 Å². The summed E-state index contributed by atoms with van der Waals surface area (Å²) in [4.78, 5) is 24.5. The summed E-state index contributed by atoms with van der Waals surface area (Å²) in [7, 11) is 1.55. The van der Waals surface area contributed by atoms with Crippen molar-refractivity contribution in [2.45, 2.75) is 13.8 Å². The van der Waals surface area contributed by atoms with Gasteiger partial charge in [-0.1, -0.05) is 18.2 Å². The van der Waals surface area contributed by atoms with E-state index in [-0.39, 0.29) is 12.5 Å². The Kier molecular flexibility index (Phi) is 7.01. The van der Waals surface area contributed by atoms with Crippen molar-refractivity contribution in [2.24, 2.45) is 0 Å². The lowest BCUT2D eigenvalue weighted by molar-refractivity contribution is -0.146. The molecule has 0 aliphatic heterocycles. The summed E-state index contributed by atoms with van der Waals surface area (Å²) in [5.74, 6) is 0.0305. The molecule has 0 heterocycles. The van der Waals surface area contributed by atoms with Crippen LogP contribution < -0.4 is 4.74 Å². The summed E-state index contributed by atoms with van der Waals surface area (Å²) in [5, 5.41) is 0. The van der Waals surface area contributed by atoms with Gasteiger partial charge in [-0.15, -0.1) is 0 Å². The molecule has 0 fully saturated rings. The minimum Gasteiger partial charge on any atom is -0.493 e. The van der Waals surface area contributed by atoms with Crippen LogP contribution in [0, 0.1) is 0 Å². The van der Waals surface area contributed by atoms with Crippen LogP contribution in [-0.4, -0.2) is 43.6 Å². The number of esters is 1. The van der Waals surface area contributed by atoms with Crippen LogP contribution in [0.2, 0.25) is 0 Å². The number of amides is 1. The maximum atomic E-state index is 11.9. The van der Waals surface area contributed by atoms with Crippen LogP contribution in [-0.2, 0) is 14.3 Å². The Morgan fingerprint density at radius 1 is 1.19 bits per heavy atom. The zero-order chi connectivity index (χ0) is 15.7. The maximum Gasteiger partial charge on any atom is 0.325 e. The number of para-hydroxylation sites is 1. The van der Waals surface area contributed by atoms with Crippen molar-refractivity contribution in [1.29, 1.82) is 0 Å². The van der Waals surface area contributed by atoms with Gasteiger partial charge < -0.3 is 14.4 Å². The number of hydrogen-bond donors (Lipinski definition) is 0. The minimum absolute atomic E-state index is 0.0654. The van der Waals surface area contributed by atoms with Gasteiger partial charge >= 0.3 is 5.97 Å². The van der Waals surface area contributed by atoms with Crippen molar-refractivity contribution in [1.82, 2.24) is 4.90 Å². The molecule has 0 bridgehead atoms. The number of nitrogens with zero attached hydrogens (tertiary/aromatic N) is 1. The Morgan fingerprint density at radius 2 is 1.90 bits per heavy atom. The van der Waals surface area contributed by atoms with E-state index in [0.29, 0.717) is 13.2 Å². The SMILES string of the molecule is CCOC(=O)CN(C)C(=O)/C=C/c1ccccc1OCC. The minimum atomic E-state index is -0.420. The van der Waals surface area contributed by atoms with Crippen LogP contribution in [0.25, 0.3) is 6.08 Å². The third-order valence-electron chi connectivity index (χ3n) is 2.67. The Balaban J connectivity index is 2.67. The summed E-state index contributed by atoms with van der Waals surface area (Å²) in [6.45, 7) is 4.42. The number of ether oxygens (including phenoxy) is 2. The molecule has 21 heavy (non-hydrogen) atoms. The highest BCUT2D eigenvalue weighted by Gasteiger charge is 2.11. The maximum absolute atomic E-state index is 11.9. The average Bonchev–Trinajstić information content (AvgIpc) is 2.46. The van der Waals surface area contributed by atoms with Gasteiger partial charge in [0, 0.05) is 18.7 Å². The molecule has 1 aromatic carbocycles. The van der Waals surface area contributed by atoms with E-state index in [1.54, 1.807) is 20.0 Å². The number of carbonyl (C=O) groups excluding carboxylic acids is 2. The predicted molar refractivity (Wildman–Crippen MR) is 80.9 cm³/mol. The molecule has 0 atom stereocenters. The van der Waals surface area contributed by atoms with Crippen molar-refractivity contribution in [2.75, 3.05) is 26.8 Å². The molecule has 0 aliphatic carbocycles.